The number of ketones is 1. The molecule has 0 saturated heterocycles. The van der Waals surface area contributed by atoms with E-state index in [2.05, 4.69) is 6.07 Å². The number of nitriles is 1. The van der Waals surface area contributed by atoms with Crippen molar-refractivity contribution >= 4 is 17.1 Å². The molecule has 0 bridgehead atoms. The third kappa shape index (κ3) is 2.26. The molecule has 5 heteroatoms. The predicted octanol–water partition coefficient (Wildman–Crippen LogP) is 3.20. The van der Waals surface area contributed by atoms with Gasteiger partial charge in [-0.25, -0.2) is 0 Å². The summed E-state index contributed by atoms with van der Waals surface area (Å²) in [6, 6.07) is 5.95. The lowest BCUT2D eigenvalue weighted by Crippen LogP contribution is -2.33. The van der Waals surface area contributed by atoms with E-state index in [1.54, 1.807) is 0 Å². The van der Waals surface area contributed by atoms with Gasteiger partial charge in [-0.15, -0.1) is 11.3 Å². The predicted molar refractivity (Wildman–Crippen MR) is 80.0 cm³/mol. The summed E-state index contributed by atoms with van der Waals surface area (Å²) in [5.41, 5.74) is 7.03. The largest absolute Gasteiger partial charge is 0.483 e. The van der Waals surface area contributed by atoms with Gasteiger partial charge in [0.25, 0.3) is 0 Å². The van der Waals surface area contributed by atoms with Crippen LogP contribution in [-0.2, 0) is 9.53 Å². The summed E-state index contributed by atoms with van der Waals surface area (Å²) in [5, 5.41) is 11.3. The number of rotatable bonds is 1. The minimum absolute atomic E-state index is 0.0314. The fourth-order valence-electron chi connectivity index (χ4n) is 2.90. The number of ether oxygens (including phenoxy) is 1. The SMILES string of the molecule is CC1(C)CC(=O)C2=C(C1)O[C@H](c1cccs1)C(C#N)=C2N. The van der Waals surface area contributed by atoms with Gasteiger partial charge in [-0.05, 0) is 16.9 Å². The molecule has 0 unspecified atom stereocenters. The van der Waals surface area contributed by atoms with Crippen LogP contribution in [0.2, 0.25) is 0 Å². The number of carbonyl (C=O) groups excluding carboxylic acids is 1. The number of thiophene rings is 1. The lowest BCUT2D eigenvalue weighted by atomic mass is 9.74. The highest BCUT2D eigenvalue weighted by Gasteiger charge is 2.41. The van der Waals surface area contributed by atoms with E-state index in [1.807, 2.05) is 31.4 Å². The normalized spacial score (nSPS) is 24.4. The van der Waals surface area contributed by atoms with E-state index in [9.17, 15) is 10.1 Å². The highest BCUT2D eigenvalue weighted by atomic mass is 32.1. The van der Waals surface area contributed by atoms with Crippen molar-refractivity contribution in [1.82, 2.24) is 0 Å². The molecule has 0 saturated carbocycles. The third-order valence-corrected chi connectivity index (χ3v) is 4.76. The number of Topliss-reactive ketones (excluding diaryl/α,β-unsaturated/α-hetero) is 1. The van der Waals surface area contributed by atoms with Crippen molar-refractivity contribution in [3.05, 3.63) is 45.0 Å². The second-order valence-corrected chi connectivity index (χ2v) is 7.17. The van der Waals surface area contributed by atoms with Gasteiger partial charge in [0.15, 0.2) is 11.9 Å². The van der Waals surface area contributed by atoms with Gasteiger partial charge in [0, 0.05) is 12.8 Å². The van der Waals surface area contributed by atoms with E-state index in [1.165, 1.54) is 11.3 Å². The second kappa shape index (κ2) is 4.74. The molecule has 0 aromatic carbocycles. The Balaban J connectivity index is 2.11. The molecule has 1 aliphatic heterocycles. The average molecular weight is 300 g/mol. The van der Waals surface area contributed by atoms with Crippen LogP contribution < -0.4 is 5.73 Å². The molecule has 21 heavy (non-hydrogen) atoms. The van der Waals surface area contributed by atoms with E-state index in [0.29, 0.717) is 29.7 Å². The van der Waals surface area contributed by atoms with Crippen molar-refractivity contribution in [1.29, 1.82) is 5.26 Å². The second-order valence-electron chi connectivity index (χ2n) is 6.19. The van der Waals surface area contributed by atoms with Crippen molar-refractivity contribution < 1.29 is 9.53 Å². The molecule has 0 spiro atoms. The molecule has 1 aromatic heterocycles. The lowest BCUT2D eigenvalue weighted by molar-refractivity contribution is -0.118. The molecule has 2 N–H and O–H groups in total. The quantitative estimate of drug-likeness (QED) is 0.864. The fraction of sp³-hybridized carbons (Fsp3) is 0.375. The van der Waals surface area contributed by atoms with Gasteiger partial charge in [-0.3, -0.25) is 4.79 Å². The van der Waals surface area contributed by atoms with E-state index in [4.69, 9.17) is 10.5 Å². The fourth-order valence-corrected chi connectivity index (χ4v) is 3.66. The van der Waals surface area contributed by atoms with Crippen molar-refractivity contribution in [3.63, 3.8) is 0 Å². The van der Waals surface area contributed by atoms with Gasteiger partial charge in [-0.2, -0.15) is 5.26 Å². The first kappa shape index (κ1) is 13.9. The van der Waals surface area contributed by atoms with E-state index in [-0.39, 0.29) is 16.9 Å². The molecule has 1 aliphatic carbocycles. The first-order chi connectivity index (χ1) is 9.93. The summed E-state index contributed by atoms with van der Waals surface area (Å²) in [6.07, 6.45) is 0.601. The van der Waals surface area contributed by atoms with Gasteiger partial charge >= 0.3 is 0 Å². The molecule has 1 aromatic rings. The molecule has 108 valence electrons. The summed E-state index contributed by atoms with van der Waals surface area (Å²) >= 11 is 1.52. The Bertz CT molecular complexity index is 705. The van der Waals surface area contributed by atoms with Gasteiger partial charge in [0.1, 0.15) is 11.8 Å². The van der Waals surface area contributed by atoms with Crippen LogP contribution in [0.1, 0.15) is 37.7 Å². The summed E-state index contributed by atoms with van der Waals surface area (Å²) in [4.78, 5) is 13.3. The monoisotopic (exact) mass is 300 g/mol. The summed E-state index contributed by atoms with van der Waals surface area (Å²) in [7, 11) is 0. The Morgan fingerprint density at radius 2 is 2.24 bits per heavy atom. The minimum Gasteiger partial charge on any atom is -0.483 e. The Morgan fingerprint density at radius 1 is 1.48 bits per heavy atom. The third-order valence-electron chi connectivity index (χ3n) is 3.84. The molecule has 0 fully saturated rings. The number of nitrogens with two attached hydrogens (primary N) is 1. The zero-order valence-corrected chi connectivity index (χ0v) is 12.8. The summed E-state index contributed by atoms with van der Waals surface area (Å²) < 4.78 is 6.02. The molecule has 4 nitrogen and oxygen atoms in total. The van der Waals surface area contributed by atoms with E-state index in [0.717, 1.165) is 4.88 Å². The highest BCUT2D eigenvalue weighted by molar-refractivity contribution is 7.10. The Kier molecular flexibility index (Phi) is 3.14. The maximum atomic E-state index is 12.4. The Hall–Kier alpha value is -2.06. The molecular weight excluding hydrogens is 284 g/mol. The van der Waals surface area contributed by atoms with Crippen molar-refractivity contribution in [2.45, 2.75) is 32.8 Å². The van der Waals surface area contributed by atoms with Gasteiger partial charge in [0.2, 0.25) is 0 Å². The zero-order valence-electron chi connectivity index (χ0n) is 12.0. The molecule has 0 amide bonds. The number of allylic oxidation sites excluding steroid dienone is 2. The van der Waals surface area contributed by atoms with Crippen LogP contribution in [0.5, 0.6) is 0 Å². The smallest absolute Gasteiger partial charge is 0.169 e. The Morgan fingerprint density at radius 3 is 2.86 bits per heavy atom. The maximum absolute atomic E-state index is 12.4. The molecule has 0 radical (unpaired) electrons. The van der Waals surface area contributed by atoms with Gasteiger partial charge in [-0.1, -0.05) is 19.9 Å². The van der Waals surface area contributed by atoms with Gasteiger partial charge < -0.3 is 10.5 Å². The minimum atomic E-state index is -0.490. The molecular formula is C16H16N2O2S. The molecule has 2 heterocycles. The van der Waals surface area contributed by atoms with Crippen LogP contribution in [-0.4, -0.2) is 5.78 Å². The Labute approximate surface area is 127 Å². The highest BCUT2D eigenvalue weighted by Crippen LogP contribution is 2.46. The van der Waals surface area contributed by atoms with E-state index < -0.39 is 6.10 Å². The average Bonchev–Trinajstić information content (AvgIpc) is 2.89. The number of hydrogen-bond acceptors (Lipinski definition) is 5. The summed E-state index contributed by atoms with van der Waals surface area (Å²) in [6.45, 7) is 4.08. The van der Waals surface area contributed by atoms with Crippen LogP contribution in [0.4, 0.5) is 0 Å². The van der Waals surface area contributed by atoms with Gasteiger partial charge in [0.05, 0.1) is 21.7 Å². The van der Waals surface area contributed by atoms with Crippen LogP contribution in [0.25, 0.3) is 0 Å². The first-order valence-corrected chi connectivity index (χ1v) is 7.67. The van der Waals surface area contributed by atoms with Crippen LogP contribution >= 0.6 is 11.3 Å². The number of carbonyl (C=O) groups is 1. The zero-order chi connectivity index (χ0) is 15.2. The molecule has 3 rings (SSSR count). The molecule has 2 aliphatic rings. The standard InChI is InChI=1S/C16H16N2O2S/c1-16(2)6-10(19)13-11(7-16)20-15(9(8-17)14(13)18)12-4-3-5-21-12/h3-5,15H,6-7,18H2,1-2H3/t15-/m0/s1. The lowest BCUT2D eigenvalue weighted by Gasteiger charge is -2.36. The van der Waals surface area contributed by atoms with Crippen LogP contribution in [0, 0.1) is 16.7 Å². The maximum Gasteiger partial charge on any atom is 0.169 e. The van der Waals surface area contributed by atoms with Crippen molar-refractivity contribution in [2.75, 3.05) is 0 Å². The van der Waals surface area contributed by atoms with E-state index >= 15 is 0 Å². The number of nitrogens with zero attached hydrogens (tertiary/aromatic N) is 1. The van der Waals surface area contributed by atoms with Crippen LogP contribution in [0.15, 0.2) is 40.1 Å². The van der Waals surface area contributed by atoms with Crippen molar-refractivity contribution in [3.8, 4) is 6.07 Å². The summed E-state index contributed by atoms with van der Waals surface area (Å²) in [5.74, 6) is 0.599. The molecule has 1 atom stereocenters. The first-order valence-electron chi connectivity index (χ1n) is 6.79. The number of hydrogen-bond donors (Lipinski definition) is 1. The van der Waals surface area contributed by atoms with Crippen molar-refractivity contribution in [2.24, 2.45) is 11.1 Å². The van der Waals surface area contributed by atoms with Crippen LogP contribution in [0.3, 0.4) is 0 Å². The topological polar surface area (TPSA) is 76.1 Å².